The highest BCUT2D eigenvalue weighted by atomic mass is 16.5. The number of hydrogen-bond donors (Lipinski definition) is 1. The lowest BCUT2D eigenvalue weighted by molar-refractivity contribution is 0.0520. The zero-order valence-electron chi connectivity index (χ0n) is 11.6. The van der Waals surface area contributed by atoms with Crippen LogP contribution < -0.4 is 5.73 Å². The number of nitrogens with two attached hydrogens (primary N) is 1. The Morgan fingerprint density at radius 2 is 2.37 bits per heavy atom. The molecule has 0 saturated carbocycles. The predicted octanol–water partition coefficient (Wildman–Crippen LogP) is 1.63. The summed E-state index contributed by atoms with van der Waals surface area (Å²) in [6.45, 7) is 6.79. The number of likely N-dealkylation sites (tertiary alicyclic amines) is 1. The van der Waals surface area contributed by atoms with Crippen LogP contribution in [0.4, 0.5) is 0 Å². The third-order valence-electron chi connectivity index (χ3n) is 3.38. The second-order valence-electron chi connectivity index (χ2n) is 5.27. The van der Waals surface area contributed by atoms with Gasteiger partial charge in [-0.1, -0.05) is 6.92 Å². The summed E-state index contributed by atoms with van der Waals surface area (Å²) >= 11 is 0. The molecule has 0 aromatic carbocycles. The topological polar surface area (TPSA) is 68.7 Å². The van der Waals surface area contributed by atoms with Gasteiger partial charge in [0.25, 0.3) is 0 Å². The van der Waals surface area contributed by atoms with Crippen LogP contribution in [0.2, 0.25) is 0 Å². The zero-order valence-corrected chi connectivity index (χ0v) is 11.6. The molecular weight excluding hydrogens is 244 g/mol. The van der Waals surface area contributed by atoms with Crippen molar-refractivity contribution in [1.82, 2.24) is 4.90 Å². The quantitative estimate of drug-likeness (QED) is 0.839. The first-order valence-corrected chi connectivity index (χ1v) is 6.81. The molecule has 2 atom stereocenters. The van der Waals surface area contributed by atoms with Gasteiger partial charge >= 0.3 is 5.97 Å². The Bertz CT molecular complexity index is 420. The standard InChI is InChI=1S/C14H22N2O3/c1-3-18-14(17)12-4-5-19-13(12)9-16-7-10(2)6-11(15)8-16/h4-5,10-11H,3,6-9,15H2,1-2H3. The highest BCUT2D eigenvalue weighted by molar-refractivity contribution is 5.90. The maximum Gasteiger partial charge on any atom is 0.341 e. The minimum Gasteiger partial charge on any atom is -0.467 e. The number of hydrogen-bond acceptors (Lipinski definition) is 5. The van der Waals surface area contributed by atoms with Crippen LogP contribution in [0.25, 0.3) is 0 Å². The summed E-state index contributed by atoms with van der Waals surface area (Å²) in [5.41, 5.74) is 6.55. The lowest BCUT2D eigenvalue weighted by Gasteiger charge is -2.34. The van der Waals surface area contributed by atoms with Crippen molar-refractivity contribution in [3.63, 3.8) is 0 Å². The molecule has 2 heterocycles. The highest BCUT2D eigenvalue weighted by Gasteiger charge is 2.25. The molecule has 0 radical (unpaired) electrons. The Hall–Kier alpha value is -1.33. The van der Waals surface area contributed by atoms with Crippen molar-refractivity contribution >= 4 is 5.97 Å². The molecule has 1 aromatic rings. The number of esters is 1. The fraction of sp³-hybridized carbons (Fsp3) is 0.643. The lowest BCUT2D eigenvalue weighted by Crippen LogP contribution is -2.45. The van der Waals surface area contributed by atoms with Gasteiger partial charge in [0.05, 0.1) is 19.4 Å². The van der Waals surface area contributed by atoms with E-state index in [1.807, 2.05) is 0 Å². The second kappa shape index (κ2) is 6.21. The predicted molar refractivity (Wildman–Crippen MR) is 71.7 cm³/mol. The molecule has 1 saturated heterocycles. The average molecular weight is 266 g/mol. The van der Waals surface area contributed by atoms with E-state index in [1.54, 1.807) is 13.0 Å². The normalized spacial score (nSPS) is 24.4. The molecular formula is C14H22N2O3. The number of nitrogens with zero attached hydrogens (tertiary/aromatic N) is 1. The van der Waals surface area contributed by atoms with Gasteiger partial charge in [-0.05, 0) is 25.3 Å². The van der Waals surface area contributed by atoms with Crippen molar-refractivity contribution in [3.05, 3.63) is 23.7 Å². The van der Waals surface area contributed by atoms with Crippen molar-refractivity contribution < 1.29 is 13.9 Å². The Morgan fingerprint density at radius 3 is 3.05 bits per heavy atom. The number of rotatable bonds is 4. The Morgan fingerprint density at radius 1 is 1.58 bits per heavy atom. The summed E-state index contributed by atoms with van der Waals surface area (Å²) in [6, 6.07) is 1.87. The molecule has 0 spiro atoms. The molecule has 0 bridgehead atoms. The summed E-state index contributed by atoms with van der Waals surface area (Å²) in [5, 5.41) is 0. The minimum absolute atomic E-state index is 0.199. The van der Waals surface area contributed by atoms with Gasteiger partial charge in [-0.3, -0.25) is 4.90 Å². The summed E-state index contributed by atoms with van der Waals surface area (Å²) in [6.07, 6.45) is 2.59. The van der Waals surface area contributed by atoms with Gasteiger partial charge in [-0.25, -0.2) is 4.79 Å². The van der Waals surface area contributed by atoms with Gasteiger partial charge < -0.3 is 14.9 Å². The maximum atomic E-state index is 11.8. The van der Waals surface area contributed by atoms with E-state index in [0.717, 1.165) is 19.5 Å². The monoisotopic (exact) mass is 266 g/mol. The fourth-order valence-corrected chi connectivity index (χ4v) is 2.70. The van der Waals surface area contributed by atoms with Gasteiger partial charge in [0.1, 0.15) is 11.3 Å². The molecule has 1 aromatic heterocycles. The molecule has 0 aliphatic carbocycles. The van der Waals surface area contributed by atoms with Crippen LogP contribution in [0.1, 0.15) is 36.4 Å². The summed E-state index contributed by atoms with van der Waals surface area (Å²) in [5.74, 6) is 0.921. The number of carbonyl (C=O) groups excluding carboxylic acids is 1. The molecule has 1 fully saturated rings. The number of piperidine rings is 1. The smallest absolute Gasteiger partial charge is 0.341 e. The van der Waals surface area contributed by atoms with Crippen LogP contribution in [0.5, 0.6) is 0 Å². The first kappa shape index (κ1) is 14.1. The van der Waals surface area contributed by atoms with Crippen molar-refractivity contribution in [2.45, 2.75) is 32.9 Å². The van der Waals surface area contributed by atoms with Crippen LogP contribution in [0.3, 0.4) is 0 Å². The number of furan rings is 1. The average Bonchev–Trinajstić information content (AvgIpc) is 2.76. The molecule has 2 rings (SSSR count). The third kappa shape index (κ3) is 3.58. The minimum atomic E-state index is -0.319. The van der Waals surface area contributed by atoms with E-state index in [0.29, 0.717) is 30.4 Å². The van der Waals surface area contributed by atoms with E-state index in [9.17, 15) is 4.79 Å². The van der Waals surface area contributed by atoms with Crippen LogP contribution in [-0.2, 0) is 11.3 Å². The molecule has 0 amide bonds. The second-order valence-corrected chi connectivity index (χ2v) is 5.27. The van der Waals surface area contributed by atoms with Gasteiger partial charge in [0.2, 0.25) is 0 Å². The van der Waals surface area contributed by atoms with Crippen molar-refractivity contribution in [2.75, 3.05) is 19.7 Å². The SMILES string of the molecule is CCOC(=O)c1ccoc1CN1CC(C)CC(N)C1. The summed E-state index contributed by atoms with van der Waals surface area (Å²) in [4.78, 5) is 14.0. The van der Waals surface area contributed by atoms with E-state index in [-0.39, 0.29) is 12.0 Å². The molecule has 1 aliphatic heterocycles. The Balaban J connectivity index is 2.03. The van der Waals surface area contributed by atoms with Crippen LogP contribution in [-0.4, -0.2) is 36.6 Å². The molecule has 19 heavy (non-hydrogen) atoms. The van der Waals surface area contributed by atoms with Crippen molar-refractivity contribution in [3.8, 4) is 0 Å². The molecule has 5 nitrogen and oxygen atoms in total. The lowest BCUT2D eigenvalue weighted by atomic mass is 9.96. The van der Waals surface area contributed by atoms with Crippen LogP contribution >= 0.6 is 0 Å². The Kier molecular flexibility index (Phi) is 4.61. The van der Waals surface area contributed by atoms with Gasteiger partial charge in [-0.15, -0.1) is 0 Å². The first-order chi connectivity index (χ1) is 9.10. The van der Waals surface area contributed by atoms with E-state index >= 15 is 0 Å². The fourth-order valence-electron chi connectivity index (χ4n) is 2.70. The molecule has 2 N–H and O–H groups in total. The van der Waals surface area contributed by atoms with E-state index in [4.69, 9.17) is 14.9 Å². The Labute approximate surface area is 113 Å². The molecule has 1 aliphatic rings. The van der Waals surface area contributed by atoms with Crippen LogP contribution in [0.15, 0.2) is 16.7 Å². The maximum absolute atomic E-state index is 11.8. The number of carbonyl (C=O) groups is 1. The van der Waals surface area contributed by atoms with E-state index in [1.165, 1.54) is 6.26 Å². The molecule has 2 unspecified atom stereocenters. The van der Waals surface area contributed by atoms with Gasteiger partial charge in [-0.2, -0.15) is 0 Å². The van der Waals surface area contributed by atoms with E-state index in [2.05, 4.69) is 11.8 Å². The van der Waals surface area contributed by atoms with Gasteiger partial charge in [0, 0.05) is 19.1 Å². The molecule has 5 heteroatoms. The number of ether oxygens (including phenoxy) is 1. The highest BCUT2D eigenvalue weighted by Crippen LogP contribution is 2.20. The zero-order chi connectivity index (χ0) is 13.8. The van der Waals surface area contributed by atoms with Crippen LogP contribution in [0, 0.1) is 5.92 Å². The first-order valence-electron chi connectivity index (χ1n) is 6.81. The summed E-state index contributed by atoms with van der Waals surface area (Å²) < 4.78 is 10.4. The van der Waals surface area contributed by atoms with E-state index < -0.39 is 0 Å². The van der Waals surface area contributed by atoms with Crippen molar-refractivity contribution in [1.29, 1.82) is 0 Å². The molecule has 106 valence electrons. The summed E-state index contributed by atoms with van der Waals surface area (Å²) in [7, 11) is 0. The largest absolute Gasteiger partial charge is 0.467 e. The van der Waals surface area contributed by atoms with Gasteiger partial charge in [0.15, 0.2) is 0 Å². The third-order valence-corrected chi connectivity index (χ3v) is 3.38. The van der Waals surface area contributed by atoms with Crippen molar-refractivity contribution in [2.24, 2.45) is 11.7 Å².